The van der Waals surface area contributed by atoms with Crippen LogP contribution >= 0.6 is 12.4 Å². The van der Waals surface area contributed by atoms with Gasteiger partial charge in [0.1, 0.15) is 0 Å². The summed E-state index contributed by atoms with van der Waals surface area (Å²) in [6.07, 6.45) is 5.83. The molecular weight excluding hydrogens is 252 g/mol. The molecular formula is C13H23ClN2O2. The van der Waals surface area contributed by atoms with Crippen LogP contribution in [0.5, 0.6) is 0 Å². The molecule has 0 aromatic rings. The van der Waals surface area contributed by atoms with Crippen LogP contribution in [0.15, 0.2) is 0 Å². The Morgan fingerprint density at radius 2 is 2.22 bits per heavy atom. The van der Waals surface area contributed by atoms with Gasteiger partial charge in [0.05, 0.1) is 19.1 Å². The van der Waals surface area contributed by atoms with Crippen molar-refractivity contribution in [2.75, 3.05) is 19.7 Å². The van der Waals surface area contributed by atoms with Gasteiger partial charge in [0, 0.05) is 19.1 Å². The Kier molecular flexibility index (Phi) is 4.87. The summed E-state index contributed by atoms with van der Waals surface area (Å²) in [6, 6.07) is 0.456. The topological polar surface area (TPSA) is 50.4 Å². The number of rotatable bonds is 3. The summed E-state index contributed by atoms with van der Waals surface area (Å²) >= 11 is 0. The second-order valence-corrected chi connectivity index (χ2v) is 5.75. The number of hydrogen-bond acceptors (Lipinski definition) is 3. The molecule has 1 saturated heterocycles. The largest absolute Gasteiger partial charge is 0.375 e. The molecule has 2 N–H and O–H groups in total. The molecule has 4 unspecified atom stereocenters. The van der Waals surface area contributed by atoms with Gasteiger partial charge in [-0.05, 0) is 31.1 Å². The molecule has 0 radical (unpaired) electrons. The fraction of sp³-hybridized carbons (Fsp3) is 0.923. The summed E-state index contributed by atoms with van der Waals surface area (Å²) in [7, 11) is 0. The molecule has 0 aromatic carbocycles. The molecule has 3 rings (SSSR count). The number of morpholine rings is 1. The van der Waals surface area contributed by atoms with E-state index < -0.39 is 0 Å². The van der Waals surface area contributed by atoms with Crippen molar-refractivity contribution in [3.05, 3.63) is 0 Å². The highest BCUT2D eigenvalue weighted by atomic mass is 35.5. The SMILES string of the molecule is Cl.O=C(CC1CNCCO1)NC1CC2CCC1C2. The first-order chi connectivity index (χ1) is 8.31. The maximum atomic E-state index is 11.9. The smallest absolute Gasteiger partial charge is 0.222 e. The zero-order valence-corrected chi connectivity index (χ0v) is 11.5. The Bertz CT molecular complexity index is 295. The van der Waals surface area contributed by atoms with Gasteiger partial charge in [0.2, 0.25) is 5.91 Å². The molecule has 1 heterocycles. The predicted molar refractivity (Wildman–Crippen MR) is 71.9 cm³/mol. The first kappa shape index (κ1) is 14.1. The van der Waals surface area contributed by atoms with Crippen LogP contribution in [-0.2, 0) is 9.53 Å². The summed E-state index contributed by atoms with van der Waals surface area (Å²) < 4.78 is 5.55. The van der Waals surface area contributed by atoms with E-state index in [-0.39, 0.29) is 24.4 Å². The highest BCUT2D eigenvalue weighted by molar-refractivity contribution is 5.85. The van der Waals surface area contributed by atoms with Crippen LogP contribution in [-0.4, -0.2) is 37.7 Å². The van der Waals surface area contributed by atoms with E-state index in [0.717, 1.165) is 31.5 Å². The molecule has 18 heavy (non-hydrogen) atoms. The Hall–Kier alpha value is -0.320. The van der Waals surface area contributed by atoms with Crippen LogP contribution in [0.25, 0.3) is 0 Å². The lowest BCUT2D eigenvalue weighted by Crippen LogP contribution is -2.44. The Morgan fingerprint density at radius 1 is 1.33 bits per heavy atom. The Balaban J connectivity index is 0.00000120. The minimum absolute atomic E-state index is 0. The minimum Gasteiger partial charge on any atom is -0.375 e. The summed E-state index contributed by atoms with van der Waals surface area (Å²) in [5.41, 5.74) is 0. The normalized spacial score (nSPS) is 38.2. The van der Waals surface area contributed by atoms with Crippen molar-refractivity contribution in [1.29, 1.82) is 0 Å². The maximum Gasteiger partial charge on any atom is 0.222 e. The highest BCUT2D eigenvalue weighted by Gasteiger charge is 2.40. The van der Waals surface area contributed by atoms with E-state index in [9.17, 15) is 4.79 Å². The summed E-state index contributed by atoms with van der Waals surface area (Å²) in [5, 5.41) is 6.47. The minimum atomic E-state index is 0. The number of carbonyl (C=O) groups excluding carboxylic acids is 1. The predicted octanol–water partition coefficient (Wildman–Crippen LogP) is 1.09. The summed E-state index contributed by atoms with van der Waals surface area (Å²) in [4.78, 5) is 11.9. The molecule has 4 nitrogen and oxygen atoms in total. The standard InChI is InChI=1S/C13H22N2O2.ClH/c16-13(7-11-8-14-3-4-17-11)15-12-6-9-1-2-10(12)5-9;/h9-12,14H,1-8H2,(H,15,16);1H. The molecule has 3 fully saturated rings. The molecule has 0 aromatic heterocycles. The third-order valence-electron chi connectivity index (χ3n) is 4.50. The zero-order valence-electron chi connectivity index (χ0n) is 10.7. The zero-order chi connectivity index (χ0) is 11.7. The van der Waals surface area contributed by atoms with E-state index in [0.29, 0.717) is 12.5 Å². The molecule has 3 aliphatic rings. The lowest BCUT2D eigenvalue weighted by Gasteiger charge is -2.26. The molecule has 1 amide bonds. The van der Waals surface area contributed by atoms with Crippen molar-refractivity contribution in [1.82, 2.24) is 10.6 Å². The van der Waals surface area contributed by atoms with Crippen molar-refractivity contribution < 1.29 is 9.53 Å². The first-order valence-corrected chi connectivity index (χ1v) is 6.93. The second-order valence-electron chi connectivity index (χ2n) is 5.75. The fourth-order valence-electron chi connectivity index (χ4n) is 3.64. The third-order valence-corrected chi connectivity index (χ3v) is 4.50. The van der Waals surface area contributed by atoms with Gasteiger partial charge < -0.3 is 15.4 Å². The summed E-state index contributed by atoms with van der Waals surface area (Å²) in [5.74, 6) is 1.82. The number of amides is 1. The number of nitrogens with one attached hydrogen (secondary N) is 2. The van der Waals surface area contributed by atoms with E-state index in [1.165, 1.54) is 25.7 Å². The van der Waals surface area contributed by atoms with Gasteiger partial charge in [-0.3, -0.25) is 4.79 Å². The van der Waals surface area contributed by atoms with E-state index in [2.05, 4.69) is 10.6 Å². The monoisotopic (exact) mass is 274 g/mol. The second kappa shape index (κ2) is 6.22. The number of carbonyl (C=O) groups is 1. The molecule has 2 aliphatic carbocycles. The summed E-state index contributed by atoms with van der Waals surface area (Å²) in [6.45, 7) is 2.45. The molecule has 1 aliphatic heterocycles. The van der Waals surface area contributed by atoms with E-state index >= 15 is 0 Å². The van der Waals surface area contributed by atoms with Gasteiger partial charge in [0.15, 0.2) is 0 Å². The van der Waals surface area contributed by atoms with Crippen LogP contribution in [0.1, 0.15) is 32.1 Å². The first-order valence-electron chi connectivity index (χ1n) is 6.93. The van der Waals surface area contributed by atoms with Crippen LogP contribution in [0.4, 0.5) is 0 Å². The lowest BCUT2D eigenvalue weighted by atomic mass is 9.95. The lowest BCUT2D eigenvalue weighted by molar-refractivity contribution is -0.125. The molecule has 2 bridgehead atoms. The number of halogens is 1. The number of hydrogen-bond donors (Lipinski definition) is 2. The van der Waals surface area contributed by atoms with Crippen molar-refractivity contribution in [3.8, 4) is 0 Å². The number of fused-ring (bicyclic) bond motifs is 2. The van der Waals surface area contributed by atoms with Crippen molar-refractivity contribution in [2.24, 2.45) is 11.8 Å². The fourth-order valence-corrected chi connectivity index (χ4v) is 3.64. The average Bonchev–Trinajstić information content (AvgIpc) is 2.92. The van der Waals surface area contributed by atoms with Gasteiger partial charge >= 0.3 is 0 Å². The molecule has 4 atom stereocenters. The van der Waals surface area contributed by atoms with Gasteiger partial charge in [-0.25, -0.2) is 0 Å². The van der Waals surface area contributed by atoms with E-state index in [1.54, 1.807) is 0 Å². The van der Waals surface area contributed by atoms with Crippen molar-refractivity contribution in [3.63, 3.8) is 0 Å². The highest BCUT2D eigenvalue weighted by Crippen LogP contribution is 2.44. The van der Waals surface area contributed by atoms with Crippen LogP contribution in [0.3, 0.4) is 0 Å². The number of ether oxygens (including phenoxy) is 1. The van der Waals surface area contributed by atoms with Gasteiger partial charge in [-0.15, -0.1) is 12.4 Å². The van der Waals surface area contributed by atoms with Crippen LogP contribution < -0.4 is 10.6 Å². The van der Waals surface area contributed by atoms with E-state index in [4.69, 9.17) is 4.74 Å². The van der Waals surface area contributed by atoms with Gasteiger partial charge in [-0.1, -0.05) is 6.42 Å². The Morgan fingerprint density at radius 3 is 2.83 bits per heavy atom. The molecule has 2 saturated carbocycles. The Labute approximate surface area is 115 Å². The van der Waals surface area contributed by atoms with Gasteiger partial charge in [0.25, 0.3) is 0 Å². The molecule has 0 spiro atoms. The van der Waals surface area contributed by atoms with Crippen molar-refractivity contribution in [2.45, 2.75) is 44.2 Å². The van der Waals surface area contributed by atoms with E-state index in [1.807, 2.05) is 0 Å². The maximum absolute atomic E-state index is 11.9. The average molecular weight is 275 g/mol. The van der Waals surface area contributed by atoms with Crippen molar-refractivity contribution >= 4 is 18.3 Å². The van der Waals surface area contributed by atoms with Crippen LogP contribution in [0, 0.1) is 11.8 Å². The van der Waals surface area contributed by atoms with Gasteiger partial charge in [-0.2, -0.15) is 0 Å². The quantitative estimate of drug-likeness (QED) is 0.810. The molecule has 104 valence electrons. The third kappa shape index (κ3) is 3.16. The molecule has 5 heteroatoms. The van der Waals surface area contributed by atoms with Crippen LogP contribution in [0.2, 0.25) is 0 Å².